The van der Waals surface area contributed by atoms with E-state index < -0.39 is 30.0 Å². The fourth-order valence-electron chi connectivity index (χ4n) is 8.63. The van der Waals surface area contributed by atoms with Crippen molar-refractivity contribution >= 4 is 34.4 Å². The number of nitrogens with zero attached hydrogens (tertiary/aromatic N) is 4. The van der Waals surface area contributed by atoms with Gasteiger partial charge in [-0.05, 0) is 73.2 Å². The Morgan fingerprint density at radius 1 is 1.02 bits per heavy atom. The molecule has 3 N–H and O–H groups in total. The van der Waals surface area contributed by atoms with Crippen molar-refractivity contribution in [3.05, 3.63) is 82.0 Å². The predicted molar refractivity (Wildman–Crippen MR) is 209 cm³/mol. The lowest BCUT2D eigenvalue weighted by Crippen LogP contribution is -2.53. The van der Waals surface area contributed by atoms with Gasteiger partial charge in [0.25, 0.3) is 11.5 Å². The lowest BCUT2D eigenvalue weighted by Gasteiger charge is -2.31. The molecule has 4 atom stereocenters. The summed E-state index contributed by atoms with van der Waals surface area (Å²) in [6.07, 6.45) is 6.07. The van der Waals surface area contributed by atoms with Gasteiger partial charge in [0.15, 0.2) is 6.23 Å². The smallest absolute Gasteiger partial charge is 0.259 e. The monoisotopic (exact) mass is 794 g/mol. The minimum Gasteiger partial charge on any atom is -0.496 e. The van der Waals surface area contributed by atoms with Gasteiger partial charge in [-0.3, -0.25) is 44.1 Å². The predicted octanol–water partition coefficient (Wildman–Crippen LogP) is 2.44. The summed E-state index contributed by atoms with van der Waals surface area (Å²) in [5.41, 5.74) is 3.18. The highest BCUT2D eigenvalue weighted by Gasteiger charge is 2.58. The molecule has 1 aliphatic carbocycles. The quantitative estimate of drug-likeness (QED) is 0.125. The standard InChI is InChI=1S/C42H46N6O10/c1-46-21-30(26-8-11-43-20-29(26)39(46)52)24-16-33(55-2)31(34(17-24)56-3)22-47-12-10-42(23-47)19-35(42)44-37(50)9-13-57-14-15-58-25-4-5-27-28(18-25)41(54)48(40(27)53)32-6-7-36(49)45-38(32)51/h4-5,8,11,16-18,20-21,32,35,41,54H,6-7,9-10,12-15,19,22-23H2,1-3H3,(H,44,50)(H,45,49,51)/t32?,35-,41?,42?/m1/s1. The van der Waals surface area contributed by atoms with E-state index in [2.05, 4.69) is 20.5 Å². The second-order valence-electron chi connectivity index (χ2n) is 15.4. The van der Waals surface area contributed by atoms with E-state index in [1.54, 1.807) is 56.4 Å². The van der Waals surface area contributed by atoms with Gasteiger partial charge in [0, 0.05) is 79.7 Å². The maximum atomic E-state index is 13.0. The van der Waals surface area contributed by atoms with Gasteiger partial charge >= 0.3 is 0 Å². The molecular formula is C42H46N6O10. The van der Waals surface area contributed by atoms with Gasteiger partial charge in [0.1, 0.15) is 29.9 Å². The van der Waals surface area contributed by atoms with Gasteiger partial charge < -0.3 is 33.9 Å². The Hall–Kier alpha value is -5.84. The first-order valence-electron chi connectivity index (χ1n) is 19.4. The van der Waals surface area contributed by atoms with E-state index in [1.807, 2.05) is 24.4 Å². The number of carbonyl (C=O) groups excluding carboxylic acids is 4. The third-order valence-electron chi connectivity index (χ3n) is 11.8. The van der Waals surface area contributed by atoms with Crippen LogP contribution >= 0.6 is 0 Å². The Morgan fingerprint density at radius 2 is 1.81 bits per heavy atom. The zero-order chi connectivity index (χ0) is 40.7. The largest absolute Gasteiger partial charge is 0.496 e. The van der Waals surface area contributed by atoms with Gasteiger partial charge in [-0.15, -0.1) is 0 Å². The molecule has 3 unspecified atom stereocenters. The van der Waals surface area contributed by atoms with Crippen LogP contribution in [0.2, 0.25) is 0 Å². The van der Waals surface area contributed by atoms with Crippen LogP contribution in [0, 0.1) is 5.41 Å². The molecule has 2 saturated heterocycles. The maximum absolute atomic E-state index is 13.0. The molecule has 16 nitrogen and oxygen atoms in total. The summed E-state index contributed by atoms with van der Waals surface area (Å²) in [6, 6.07) is 9.69. The molecule has 4 amide bonds. The van der Waals surface area contributed by atoms with Crippen molar-refractivity contribution in [2.45, 2.75) is 57.0 Å². The molecule has 304 valence electrons. The number of carbonyl (C=O) groups is 4. The Bertz CT molecular complexity index is 2340. The molecule has 4 aliphatic rings. The molecule has 4 aromatic rings. The number of hydrogen-bond donors (Lipinski definition) is 3. The summed E-state index contributed by atoms with van der Waals surface area (Å²) in [4.78, 5) is 70.1. The SMILES string of the molecule is COc1cc(-c2cn(C)c(=O)c3cnccc23)cc(OC)c1CN1CCC2(C[C@H]2NC(=O)CCOCCOc2ccc3c(c2)C(O)N(C2CCC(=O)NC2=O)C3=O)C1. The molecule has 1 saturated carbocycles. The average molecular weight is 795 g/mol. The van der Waals surface area contributed by atoms with E-state index in [4.69, 9.17) is 18.9 Å². The van der Waals surface area contributed by atoms with Gasteiger partial charge in [-0.1, -0.05) is 0 Å². The zero-order valence-corrected chi connectivity index (χ0v) is 32.6. The van der Waals surface area contributed by atoms with Crippen molar-refractivity contribution in [1.29, 1.82) is 0 Å². The number of aryl methyl sites for hydroxylation is 1. The Kier molecular flexibility index (Phi) is 10.6. The average Bonchev–Trinajstić information content (AvgIpc) is 3.60. The summed E-state index contributed by atoms with van der Waals surface area (Å²) >= 11 is 0. The Morgan fingerprint density at radius 3 is 2.57 bits per heavy atom. The van der Waals surface area contributed by atoms with Crippen LogP contribution in [0.15, 0.2) is 59.8 Å². The summed E-state index contributed by atoms with van der Waals surface area (Å²) in [6.45, 7) is 2.96. The number of aliphatic hydroxyl groups is 1. The number of piperidine rings is 1. The van der Waals surface area contributed by atoms with Crippen molar-refractivity contribution in [3.63, 3.8) is 0 Å². The number of nitrogens with one attached hydrogen (secondary N) is 2. The third kappa shape index (κ3) is 7.38. The number of aliphatic hydroxyl groups excluding tert-OH is 1. The minimum absolute atomic E-state index is 0.0273. The Balaban J connectivity index is 0.790. The third-order valence-corrected chi connectivity index (χ3v) is 11.8. The molecule has 58 heavy (non-hydrogen) atoms. The van der Waals surface area contributed by atoms with E-state index in [0.717, 1.165) is 52.9 Å². The number of amides is 4. The highest BCUT2D eigenvalue weighted by Crippen LogP contribution is 2.53. The second kappa shape index (κ2) is 15.8. The number of benzene rings is 2. The maximum Gasteiger partial charge on any atom is 0.259 e. The number of ether oxygens (including phenoxy) is 4. The Labute approximate surface area is 334 Å². The first-order chi connectivity index (χ1) is 28.0. The topological polar surface area (TPSA) is 191 Å². The van der Waals surface area contributed by atoms with Crippen LogP contribution in [0.3, 0.4) is 0 Å². The number of methoxy groups -OCH3 is 2. The highest BCUT2D eigenvalue weighted by molar-refractivity contribution is 6.05. The molecule has 2 aromatic heterocycles. The van der Waals surface area contributed by atoms with Crippen LogP contribution in [-0.2, 0) is 32.7 Å². The van der Waals surface area contributed by atoms with Crippen molar-refractivity contribution in [2.24, 2.45) is 12.5 Å². The van der Waals surface area contributed by atoms with Crippen LogP contribution in [-0.4, -0.2) is 107 Å². The second-order valence-corrected chi connectivity index (χ2v) is 15.4. The van der Waals surface area contributed by atoms with E-state index in [-0.39, 0.29) is 67.6 Å². The first-order valence-corrected chi connectivity index (χ1v) is 19.4. The van der Waals surface area contributed by atoms with E-state index in [1.165, 1.54) is 0 Å². The molecule has 5 heterocycles. The summed E-state index contributed by atoms with van der Waals surface area (Å²) in [7, 11) is 5.01. The van der Waals surface area contributed by atoms with E-state index in [9.17, 15) is 29.1 Å². The molecule has 8 rings (SSSR count). The number of likely N-dealkylation sites (tertiary alicyclic amines) is 1. The molecule has 1 spiro atoms. The molecule has 3 aliphatic heterocycles. The van der Waals surface area contributed by atoms with Crippen LogP contribution in [0.25, 0.3) is 21.9 Å². The number of pyridine rings is 2. The van der Waals surface area contributed by atoms with Gasteiger partial charge in [0.2, 0.25) is 17.7 Å². The van der Waals surface area contributed by atoms with Crippen molar-refractivity contribution in [2.75, 3.05) is 47.1 Å². The number of rotatable bonds is 14. The van der Waals surface area contributed by atoms with Crippen molar-refractivity contribution in [3.8, 4) is 28.4 Å². The number of hydrogen-bond acceptors (Lipinski definition) is 12. The molecule has 2 aromatic carbocycles. The zero-order valence-electron chi connectivity index (χ0n) is 32.6. The molecule has 0 radical (unpaired) electrons. The summed E-state index contributed by atoms with van der Waals surface area (Å²) < 4.78 is 24.8. The normalized spacial score (nSPS) is 22.7. The van der Waals surface area contributed by atoms with Crippen LogP contribution in [0.4, 0.5) is 0 Å². The molecule has 3 fully saturated rings. The summed E-state index contributed by atoms with van der Waals surface area (Å²) in [5, 5.41) is 17.6. The van der Waals surface area contributed by atoms with Gasteiger partial charge in [0.05, 0.1) is 38.4 Å². The highest BCUT2D eigenvalue weighted by atomic mass is 16.5. The van der Waals surface area contributed by atoms with Crippen molar-refractivity contribution in [1.82, 2.24) is 30.0 Å². The molecular weight excluding hydrogens is 748 g/mol. The number of imide groups is 1. The van der Waals surface area contributed by atoms with E-state index >= 15 is 0 Å². The van der Waals surface area contributed by atoms with Crippen LogP contribution in [0.1, 0.15) is 59.8 Å². The minimum atomic E-state index is -1.34. The van der Waals surface area contributed by atoms with Crippen LogP contribution in [0.5, 0.6) is 17.2 Å². The van der Waals surface area contributed by atoms with Gasteiger partial charge in [-0.2, -0.15) is 0 Å². The van der Waals surface area contributed by atoms with Crippen molar-refractivity contribution < 1.29 is 43.2 Å². The first kappa shape index (κ1) is 39.0. The lowest BCUT2D eigenvalue weighted by atomic mass is 9.99. The summed E-state index contributed by atoms with van der Waals surface area (Å²) in [5.74, 6) is 0.245. The number of aromatic nitrogens is 2. The lowest BCUT2D eigenvalue weighted by molar-refractivity contribution is -0.139. The molecule has 16 heteroatoms. The fourth-order valence-corrected chi connectivity index (χ4v) is 8.63. The number of fused-ring (bicyclic) bond motifs is 2. The van der Waals surface area contributed by atoms with Crippen LogP contribution < -0.4 is 30.4 Å². The fraction of sp³-hybridized carbons (Fsp3) is 0.429. The van der Waals surface area contributed by atoms with E-state index in [0.29, 0.717) is 34.7 Å². The molecule has 0 bridgehead atoms. The van der Waals surface area contributed by atoms with Gasteiger partial charge in [-0.25, -0.2) is 0 Å².